The first-order valence-electron chi connectivity index (χ1n) is 8.01. The summed E-state index contributed by atoms with van der Waals surface area (Å²) in [5.41, 5.74) is 0.443. The van der Waals surface area contributed by atoms with E-state index in [2.05, 4.69) is 9.97 Å². The Morgan fingerprint density at radius 2 is 1.96 bits per heavy atom. The summed E-state index contributed by atoms with van der Waals surface area (Å²) >= 11 is 5.21. The topological polar surface area (TPSA) is 55.6 Å². The molecule has 4 rings (SSSR count). The molecular formula is C17H12F4N4OS. The minimum absolute atomic E-state index is 0.0302. The van der Waals surface area contributed by atoms with Gasteiger partial charge in [0.25, 0.3) is 0 Å². The number of carbonyl (C=O) groups is 1. The van der Waals surface area contributed by atoms with Crippen molar-refractivity contribution in [3.8, 4) is 0 Å². The first-order valence-corrected chi connectivity index (χ1v) is 8.42. The van der Waals surface area contributed by atoms with Crippen molar-refractivity contribution >= 4 is 18.1 Å². The van der Waals surface area contributed by atoms with Crippen LogP contribution in [0, 0.1) is 28.0 Å². The summed E-state index contributed by atoms with van der Waals surface area (Å²) in [6.45, 7) is 0.0562. The quantitative estimate of drug-likeness (QED) is 0.419. The Bertz CT molecular complexity index is 1080. The Kier molecular flexibility index (Phi) is 4.22. The number of H-pyrrole nitrogens is 1. The predicted octanol–water partition coefficient (Wildman–Crippen LogP) is 3.52. The fourth-order valence-electron chi connectivity index (χ4n) is 3.44. The molecule has 2 aromatic heterocycles. The molecule has 1 unspecified atom stereocenters. The molecule has 1 N–H and O–H groups in total. The second kappa shape index (κ2) is 6.45. The van der Waals surface area contributed by atoms with Crippen LogP contribution < -0.4 is 0 Å². The number of benzene rings is 1. The lowest BCUT2D eigenvalue weighted by Crippen LogP contribution is -2.13. The summed E-state index contributed by atoms with van der Waals surface area (Å²) in [6.07, 6.45) is 4.38. The number of hydrogen-bond donors (Lipinski definition) is 1. The molecule has 1 aromatic carbocycles. The first-order chi connectivity index (χ1) is 12.9. The van der Waals surface area contributed by atoms with E-state index in [1.807, 2.05) is 0 Å². The Morgan fingerprint density at radius 1 is 1.26 bits per heavy atom. The number of aromatic amines is 1. The third-order valence-electron chi connectivity index (χ3n) is 4.69. The fraction of sp³-hybridized carbons (Fsp3) is 0.235. The molecule has 27 heavy (non-hydrogen) atoms. The number of carbonyl (C=O) groups excluding carboxylic acids is 1. The van der Waals surface area contributed by atoms with Crippen molar-refractivity contribution in [3.63, 3.8) is 0 Å². The van der Waals surface area contributed by atoms with E-state index in [9.17, 15) is 22.4 Å². The van der Waals surface area contributed by atoms with Crippen molar-refractivity contribution in [2.45, 2.75) is 25.3 Å². The van der Waals surface area contributed by atoms with Crippen LogP contribution in [0.4, 0.5) is 17.6 Å². The Hall–Kier alpha value is -2.75. The second-order valence-corrected chi connectivity index (χ2v) is 6.68. The largest absolute Gasteiger partial charge is 0.334 e. The van der Waals surface area contributed by atoms with Gasteiger partial charge < -0.3 is 9.55 Å². The lowest BCUT2D eigenvalue weighted by molar-refractivity contribution is 0.0912. The molecular weight excluding hydrogens is 384 g/mol. The maximum absolute atomic E-state index is 14.1. The molecule has 0 fully saturated rings. The number of nitrogens with one attached hydrogen (secondary N) is 1. The van der Waals surface area contributed by atoms with Gasteiger partial charge in [-0.25, -0.2) is 22.5 Å². The molecule has 0 saturated heterocycles. The van der Waals surface area contributed by atoms with Gasteiger partial charge in [-0.3, -0.25) is 9.36 Å². The van der Waals surface area contributed by atoms with Gasteiger partial charge in [0.1, 0.15) is 6.33 Å². The van der Waals surface area contributed by atoms with Crippen molar-refractivity contribution < 1.29 is 22.4 Å². The summed E-state index contributed by atoms with van der Waals surface area (Å²) in [7, 11) is 0. The number of fused-ring (bicyclic) bond motifs is 1. The van der Waals surface area contributed by atoms with Gasteiger partial charge in [0.2, 0.25) is 5.91 Å². The normalized spacial score (nSPS) is 15.9. The van der Waals surface area contributed by atoms with E-state index >= 15 is 0 Å². The SMILES string of the molecule is O=C(Cc1[nH]c(=S)n2c1CC(c1c(F)c(F)cc(F)c1F)C2)n1ccnc1. The molecule has 10 heteroatoms. The van der Waals surface area contributed by atoms with Crippen molar-refractivity contribution in [3.05, 3.63) is 69.8 Å². The van der Waals surface area contributed by atoms with E-state index in [0.29, 0.717) is 11.4 Å². The van der Waals surface area contributed by atoms with E-state index in [1.165, 1.54) is 23.3 Å². The predicted molar refractivity (Wildman–Crippen MR) is 88.9 cm³/mol. The third kappa shape index (κ3) is 2.89. The van der Waals surface area contributed by atoms with E-state index in [0.717, 1.165) is 0 Å². The summed E-state index contributed by atoms with van der Waals surface area (Å²) in [5, 5.41) is 0. The summed E-state index contributed by atoms with van der Waals surface area (Å²) in [5.74, 6) is -6.80. The number of nitrogens with zero attached hydrogens (tertiary/aromatic N) is 3. The van der Waals surface area contributed by atoms with Crippen molar-refractivity contribution in [1.82, 2.24) is 19.1 Å². The molecule has 140 valence electrons. The minimum Gasteiger partial charge on any atom is -0.334 e. The van der Waals surface area contributed by atoms with Crippen molar-refractivity contribution in [2.75, 3.05) is 0 Å². The van der Waals surface area contributed by atoms with Crippen LogP contribution >= 0.6 is 12.2 Å². The zero-order valence-electron chi connectivity index (χ0n) is 13.7. The third-order valence-corrected chi connectivity index (χ3v) is 5.02. The summed E-state index contributed by atoms with van der Waals surface area (Å²) in [6, 6.07) is 0.185. The average molecular weight is 396 g/mol. The van der Waals surface area contributed by atoms with Gasteiger partial charge in [0.05, 0.1) is 6.42 Å². The number of imidazole rings is 2. The van der Waals surface area contributed by atoms with Crippen LogP contribution in [-0.2, 0) is 19.4 Å². The van der Waals surface area contributed by atoms with Crippen molar-refractivity contribution in [1.29, 1.82) is 0 Å². The van der Waals surface area contributed by atoms with E-state index in [4.69, 9.17) is 12.2 Å². The molecule has 3 aromatic rings. The second-order valence-electron chi connectivity index (χ2n) is 6.29. The highest BCUT2D eigenvalue weighted by Crippen LogP contribution is 2.36. The van der Waals surface area contributed by atoms with E-state index in [1.54, 1.807) is 4.57 Å². The molecule has 0 amide bonds. The lowest BCUT2D eigenvalue weighted by Gasteiger charge is -2.13. The van der Waals surface area contributed by atoms with Crippen LogP contribution in [-0.4, -0.2) is 25.0 Å². The highest BCUT2D eigenvalue weighted by molar-refractivity contribution is 7.71. The zero-order chi connectivity index (χ0) is 19.3. The zero-order valence-corrected chi connectivity index (χ0v) is 14.5. The molecule has 0 aliphatic carbocycles. The summed E-state index contributed by atoms with van der Waals surface area (Å²) in [4.78, 5) is 19.0. The van der Waals surface area contributed by atoms with Crippen LogP contribution in [0.5, 0.6) is 0 Å². The maximum Gasteiger partial charge on any atom is 0.237 e. The van der Waals surface area contributed by atoms with Gasteiger partial charge in [0.15, 0.2) is 28.0 Å². The van der Waals surface area contributed by atoms with Gasteiger partial charge in [-0.15, -0.1) is 0 Å². The van der Waals surface area contributed by atoms with Crippen LogP contribution in [0.25, 0.3) is 0 Å². The molecule has 0 bridgehead atoms. The smallest absolute Gasteiger partial charge is 0.237 e. The van der Waals surface area contributed by atoms with Crippen LogP contribution in [0.15, 0.2) is 24.8 Å². The molecule has 0 radical (unpaired) electrons. The molecule has 5 nitrogen and oxygen atoms in total. The summed E-state index contributed by atoms with van der Waals surface area (Å²) < 4.78 is 58.5. The Balaban J connectivity index is 1.67. The van der Waals surface area contributed by atoms with Gasteiger partial charge in [-0.05, 0) is 18.6 Å². The highest BCUT2D eigenvalue weighted by Gasteiger charge is 2.33. The standard InChI is InChI=1S/C17H12F4N4OS/c18-9-4-10(19)16(21)14(15(9)20)8-3-12-11(23-17(27)25(12)6-8)5-13(26)24-2-1-22-7-24/h1-2,4,7-8H,3,5-6H2,(H,23,27). The fourth-order valence-corrected chi connectivity index (χ4v) is 3.75. The minimum atomic E-state index is -1.44. The molecule has 1 aliphatic rings. The first kappa shape index (κ1) is 17.7. The van der Waals surface area contributed by atoms with E-state index < -0.39 is 34.8 Å². The van der Waals surface area contributed by atoms with Crippen LogP contribution in [0.3, 0.4) is 0 Å². The van der Waals surface area contributed by atoms with Crippen LogP contribution in [0.2, 0.25) is 0 Å². The molecule has 3 heterocycles. The van der Waals surface area contributed by atoms with Crippen LogP contribution in [0.1, 0.15) is 27.7 Å². The monoisotopic (exact) mass is 396 g/mol. The average Bonchev–Trinajstić information content (AvgIpc) is 3.33. The lowest BCUT2D eigenvalue weighted by atomic mass is 9.94. The molecule has 0 spiro atoms. The molecule has 1 aliphatic heterocycles. The number of aromatic nitrogens is 4. The molecule has 1 atom stereocenters. The van der Waals surface area contributed by atoms with Gasteiger partial charge >= 0.3 is 0 Å². The maximum atomic E-state index is 14.1. The Labute approximate surface area is 155 Å². The van der Waals surface area contributed by atoms with Gasteiger partial charge in [0, 0.05) is 47.9 Å². The number of halogens is 4. The number of rotatable bonds is 3. The Morgan fingerprint density at radius 3 is 2.59 bits per heavy atom. The highest BCUT2D eigenvalue weighted by atomic mass is 32.1. The molecule has 0 saturated carbocycles. The van der Waals surface area contributed by atoms with Crippen molar-refractivity contribution in [2.24, 2.45) is 0 Å². The van der Waals surface area contributed by atoms with Gasteiger partial charge in [-0.2, -0.15) is 0 Å². The van der Waals surface area contributed by atoms with Gasteiger partial charge in [-0.1, -0.05) is 0 Å². The van der Waals surface area contributed by atoms with E-state index in [-0.39, 0.29) is 36.1 Å². The number of hydrogen-bond acceptors (Lipinski definition) is 3.